The summed E-state index contributed by atoms with van der Waals surface area (Å²) in [5.74, 6) is 0. The largest absolute Gasteiger partial charge is 0.760 e. The molecule has 0 radical (unpaired) electrons. The number of hydrogen-bond acceptors (Lipinski definition) is 4. The zero-order chi connectivity index (χ0) is 10.6. The van der Waals surface area contributed by atoms with Crippen molar-refractivity contribution in [2.24, 2.45) is 0 Å². The van der Waals surface area contributed by atoms with Crippen LogP contribution in [0.4, 0.5) is 11.4 Å². The first-order valence-corrected chi connectivity index (χ1v) is 5.10. The third-order valence-corrected chi connectivity index (χ3v) is 2.23. The lowest BCUT2D eigenvalue weighted by Crippen LogP contribution is -2.17. The molecule has 5 nitrogen and oxygen atoms in total. The van der Waals surface area contributed by atoms with Crippen molar-refractivity contribution in [2.45, 2.75) is 6.54 Å². The van der Waals surface area contributed by atoms with Crippen LogP contribution in [-0.2, 0) is 17.8 Å². The molecule has 6 heteroatoms. The normalized spacial score (nSPS) is 12.4. The van der Waals surface area contributed by atoms with E-state index in [0.717, 1.165) is 11.3 Å². The number of benzene rings is 1. The summed E-state index contributed by atoms with van der Waals surface area (Å²) in [6, 6.07) is 5.37. The van der Waals surface area contributed by atoms with E-state index in [0.29, 0.717) is 5.69 Å². The van der Waals surface area contributed by atoms with Crippen molar-refractivity contribution >= 4 is 22.6 Å². The molecule has 0 bridgehead atoms. The van der Waals surface area contributed by atoms with E-state index in [4.69, 9.17) is 5.73 Å². The second kappa shape index (κ2) is 4.94. The fourth-order valence-electron chi connectivity index (χ4n) is 1.17. The van der Waals surface area contributed by atoms with Crippen LogP contribution in [0.15, 0.2) is 18.2 Å². The third-order valence-electron chi connectivity index (χ3n) is 1.85. The SMILES string of the molecule is CNc1cccc(N)c1CNS(=O)[O-]. The Labute approximate surface area is 85.1 Å². The Morgan fingerprint density at radius 2 is 2.29 bits per heavy atom. The highest BCUT2D eigenvalue weighted by atomic mass is 32.2. The molecule has 0 saturated heterocycles. The molecule has 1 rings (SSSR count). The second-order valence-electron chi connectivity index (χ2n) is 2.68. The number of anilines is 2. The monoisotopic (exact) mass is 214 g/mol. The molecule has 1 aromatic carbocycles. The summed E-state index contributed by atoms with van der Waals surface area (Å²) >= 11 is -2.27. The smallest absolute Gasteiger partial charge is 0.0404 e. The van der Waals surface area contributed by atoms with E-state index in [1.54, 1.807) is 19.2 Å². The van der Waals surface area contributed by atoms with Crippen molar-refractivity contribution in [1.82, 2.24) is 4.72 Å². The molecule has 0 aromatic heterocycles. The van der Waals surface area contributed by atoms with Gasteiger partial charge in [-0.15, -0.1) is 0 Å². The van der Waals surface area contributed by atoms with Gasteiger partial charge in [0.15, 0.2) is 0 Å². The van der Waals surface area contributed by atoms with Crippen molar-refractivity contribution < 1.29 is 8.76 Å². The molecule has 0 heterocycles. The first kappa shape index (κ1) is 11.0. The summed E-state index contributed by atoms with van der Waals surface area (Å²) in [5, 5.41) is 2.94. The molecule has 0 fully saturated rings. The Morgan fingerprint density at radius 3 is 2.86 bits per heavy atom. The molecular formula is C8H12N3O2S-. The predicted octanol–water partition coefficient (Wildman–Crippen LogP) is 0.194. The number of rotatable bonds is 4. The highest BCUT2D eigenvalue weighted by molar-refractivity contribution is 7.77. The number of hydrogen-bond donors (Lipinski definition) is 3. The Balaban J connectivity index is 2.87. The summed E-state index contributed by atoms with van der Waals surface area (Å²) in [4.78, 5) is 0. The Bertz CT molecular complexity index is 343. The van der Waals surface area contributed by atoms with Crippen molar-refractivity contribution in [2.75, 3.05) is 18.1 Å². The van der Waals surface area contributed by atoms with Gasteiger partial charge in [-0.25, -0.2) is 4.72 Å². The van der Waals surface area contributed by atoms with Crippen LogP contribution in [0.5, 0.6) is 0 Å². The summed E-state index contributed by atoms with van der Waals surface area (Å²) < 4.78 is 22.9. The van der Waals surface area contributed by atoms with Gasteiger partial charge in [-0.05, 0) is 12.1 Å². The van der Waals surface area contributed by atoms with Gasteiger partial charge in [-0.3, -0.25) is 4.21 Å². The van der Waals surface area contributed by atoms with Crippen LogP contribution in [0.2, 0.25) is 0 Å². The number of nitrogens with two attached hydrogens (primary N) is 1. The van der Waals surface area contributed by atoms with Crippen molar-refractivity contribution in [3.63, 3.8) is 0 Å². The summed E-state index contributed by atoms with van der Waals surface area (Å²) in [5.41, 5.74) is 7.84. The quantitative estimate of drug-likeness (QED) is 0.493. The Morgan fingerprint density at radius 1 is 1.57 bits per heavy atom. The van der Waals surface area contributed by atoms with Crippen LogP contribution in [0.3, 0.4) is 0 Å². The fraction of sp³-hybridized carbons (Fsp3) is 0.250. The van der Waals surface area contributed by atoms with Crippen LogP contribution in [-0.4, -0.2) is 15.8 Å². The molecule has 0 aliphatic carbocycles. The molecule has 14 heavy (non-hydrogen) atoms. The number of nitrogen functional groups attached to an aromatic ring is 1. The molecule has 0 spiro atoms. The molecule has 0 aliphatic rings. The van der Waals surface area contributed by atoms with Crippen LogP contribution in [0.1, 0.15) is 5.56 Å². The third kappa shape index (κ3) is 2.69. The van der Waals surface area contributed by atoms with Gasteiger partial charge in [-0.2, -0.15) is 0 Å². The van der Waals surface area contributed by atoms with Crippen molar-refractivity contribution in [1.29, 1.82) is 0 Å². The maximum atomic E-state index is 10.3. The molecule has 78 valence electrons. The van der Waals surface area contributed by atoms with Crippen LogP contribution < -0.4 is 15.8 Å². The maximum absolute atomic E-state index is 10.3. The molecule has 1 atom stereocenters. The highest BCUT2D eigenvalue weighted by Crippen LogP contribution is 2.21. The lowest BCUT2D eigenvalue weighted by atomic mass is 10.1. The van der Waals surface area contributed by atoms with Gasteiger partial charge in [0, 0.05) is 41.8 Å². The van der Waals surface area contributed by atoms with E-state index in [2.05, 4.69) is 10.0 Å². The highest BCUT2D eigenvalue weighted by Gasteiger charge is 2.03. The molecular weight excluding hydrogens is 202 g/mol. The average Bonchev–Trinajstić information content (AvgIpc) is 2.15. The lowest BCUT2D eigenvalue weighted by molar-refractivity contribution is 0.523. The van der Waals surface area contributed by atoms with Crippen LogP contribution >= 0.6 is 0 Å². The fourth-order valence-corrected chi connectivity index (χ4v) is 1.43. The zero-order valence-electron chi connectivity index (χ0n) is 7.74. The number of nitrogens with one attached hydrogen (secondary N) is 2. The van der Waals surface area contributed by atoms with Crippen LogP contribution in [0.25, 0.3) is 0 Å². The average molecular weight is 214 g/mol. The molecule has 1 aromatic rings. The van der Waals surface area contributed by atoms with E-state index in [9.17, 15) is 8.76 Å². The second-order valence-corrected chi connectivity index (χ2v) is 3.44. The topological polar surface area (TPSA) is 90.2 Å². The summed E-state index contributed by atoms with van der Waals surface area (Å²) in [7, 11) is 1.76. The lowest BCUT2D eigenvalue weighted by Gasteiger charge is -2.13. The molecule has 1 unspecified atom stereocenters. The van der Waals surface area contributed by atoms with Gasteiger partial charge in [0.2, 0.25) is 0 Å². The predicted molar refractivity (Wildman–Crippen MR) is 56.2 cm³/mol. The van der Waals surface area contributed by atoms with E-state index < -0.39 is 11.3 Å². The minimum Gasteiger partial charge on any atom is -0.760 e. The Hall–Kier alpha value is -1.11. The van der Waals surface area contributed by atoms with E-state index >= 15 is 0 Å². The van der Waals surface area contributed by atoms with Crippen LogP contribution in [0, 0.1) is 0 Å². The van der Waals surface area contributed by atoms with E-state index in [1.165, 1.54) is 0 Å². The first-order valence-electron chi connectivity index (χ1n) is 4.03. The summed E-state index contributed by atoms with van der Waals surface area (Å²) in [6.07, 6.45) is 0. The maximum Gasteiger partial charge on any atom is 0.0404 e. The van der Waals surface area contributed by atoms with Crippen molar-refractivity contribution in [3.8, 4) is 0 Å². The molecule has 0 amide bonds. The van der Waals surface area contributed by atoms with Crippen molar-refractivity contribution in [3.05, 3.63) is 23.8 Å². The summed E-state index contributed by atoms with van der Waals surface area (Å²) in [6.45, 7) is 0.193. The van der Waals surface area contributed by atoms with Gasteiger partial charge in [0.25, 0.3) is 0 Å². The standard InChI is InChI=1S/C8H13N3O2S/c1-10-8-4-2-3-7(9)6(8)5-11-14(12)13/h2-4,10-11H,5,9H2,1H3,(H,12,13)/p-1. The Kier molecular flexibility index (Phi) is 3.87. The molecule has 0 saturated carbocycles. The van der Waals surface area contributed by atoms with Gasteiger partial charge in [0.05, 0.1) is 0 Å². The minimum atomic E-state index is -2.27. The van der Waals surface area contributed by atoms with Gasteiger partial charge in [0.1, 0.15) is 0 Å². The minimum absolute atomic E-state index is 0.193. The first-order chi connectivity index (χ1) is 6.65. The van der Waals surface area contributed by atoms with Gasteiger partial charge in [-0.1, -0.05) is 6.07 Å². The molecule has 4 N–H and O–H groups in total. The van der Waals surface area contributed by atoms with E-state index in [1.807, 2.05) is 6.07 Å². The van der Waals surface area contributed by atoms with E-state index in [-0.39, 0.29) is 6.54 Å². The van der Waals surface area contributed by atoms with Gasteiger partial charge < -0.3 is 15.6 Å². The van der Waals surface area contributed by atoms with Gasteiger partial charge >= 0.3 is 0 Å². The zero-order valence-corrected chi connectivity index (χ0v) is 8.56. The molecule has 0 aliphatic heterocycles.